The molecule has 1 heterocycles. The summed E-state index contributed by atoms with van der Waals surface area (Å²) >= 11 is 0. The van der Waals surface area contributed by atoms with Crippen LogP contribution in [0.2, 0.25) is 0 Å². The lowest BCUT2D eigenvalue weighted by Gasteiger charge is -2.12. The molecule has 1 aromatic heterocycles. The van der Waals surface area contributed by atoms with Crippen molar-refractivity contribution in [2.75, 3.05) is 12.4 Å². The van der Waals surface area contributed by atoms with Gasteiger partial charge in [0, 0.05) is 5.56 Å². The fraction of sp³-hybridized carbons (Fsp3) is 0.100. The summed E-state index contributed by atoms with van der Waals surface area (Å²) in [5.41, 5.74) is 0.717. The number of para-hydroxylation sites is 1. The number of nitrogens with one attached hydrogen (secondary N) is 3. The normalized spacial score (nSPS) is 11.1. The molecule has 8 nitrogen and oxygen atoms in total. The Balaban J connectivity index is 1.78. The number of hydrogen-bond acceptors (Lipinski definition) is 5. The Kier molecular flexibility index (Phi) is 6.10. The first-order valence-electron chi connectivity index (χ1n) is 8.65. The van der Waals surface area contributed by atoms with E-state index in [-0.39, 0.29) is 28.5 Å². The van der Waals surface area contributed by atoms with Gasteiger partial charge in [-0.2, -0.15) is 0 Å². The zero-order valence-corrected chi connectivity index (χ0v) is 16.3. The molecule has 0 saturated heterocycles. The largest absolute Gasteiger partial charge is 0.467 e. The average molecular weight is 413 g/mol. The molecule has 0 aliphatic heterocycles. The van der Waals surface area contributed by atoms with Gasteiger partial charge in [-0.25, -0.2) is 13.1 Å². The van der Waals surface area contributed by atoms with Crippen molar-refractivity contribution in [2.45, 2.75) is 11.4 Å². The van der Waals surface area contributed by atoms with Crippen molar-refractivity contribution >= 4 is 27.5 Å². The molecule has 0 bridgehead atoms. The number of furan rings is 1. The van der Waals surface area contributed by atoms with Crippen LogP contribution in [-0.2, 0) is 16.6 Å². The second-order valence-electron chi connectivity index (χ2n) is 6.00. The number of rotatable bonds is 7. The van der Waals surface area contributed by atoms with Gasteiger partial charge in [-0.15, -0.1) is 0 Å². The van der Waals surface area contributed by atoms with Gasteiger partial charge in [-0.05, 0) is 49.5 Å². The van der Waals surface area contributed by atoms with Gasteiger partial charge in [-0.3, -0.25) is 9.59 Å². The first-order valence-corrected chi connectivity index (χ1v) is 10.1. The third kappa shape index (κ3) is 4.89. The van der Waals surface area contributed by atoms with Crippen LogP contribution in [-0.4, -0.2) is 27.3 Å². The van der Waals surface area contributed by atoms with Crippen LogP contribution < -0.4 is 15.4 Å². The van der Waals surface area contributed by atoms with Gasteiger partial charge >= 0.3 is 0 Å². The molecule has 2 amide bonds. The summed E-state index contributed by atoms with van der Waals surface area (Å²) in [5.74, 6) is -0.323. The minimum absolute atomic E-state index is 0.0304. The minimum Gasteiger partial charge on any atom is -0.467 e. The maximum Gasteiger partial charge on any atom is 0.255 e. The molecule has 0 fully saturated rings. The fourth-order valence-corrected chi connectivity index (χ4v) is 3.36. The van der Waals surface area contributed by atoms with E-state index >= 15 is 0 Å². The number of amides is 2. The van der Waals surface area contributed by atoms with Gasteiger partial charge < -0.3 is 15.1 Å². The highest BCUT2D eigenvalue weighted by atomic mass is 32.2. The quantitative estimate of drug-likeness (QED) is 0.550. The molecule has 0 spiro atoms. The third-order valence-corrected chi connectivity index (χ3v) is 5.51. The molecule has 0 unspecified atom stereocenters. The Bertz CT molecular complexity index is 1120. The van der Waals surface area contributed by atoms with Gasteiger partial charge in [0.05, 0.1) is 29.0 Å². The zero-order valence-electron chi connectivity index (χ0n) is 15.5. The molecular weight excluding hydrogens is 394 g/mol. The maximum atomic E-state index is 12.6. The van der Waals surface area contributed by atoms with Crippen LogP contribution in [0.4, 0.5) is 5.69 Å². The summed E-state index contributed by atoms with van der Waals surface area (Å²) in [6, 6.07) is 15.6. The van der Waals surface area contributed by atoms with Crippen molar-refractivity contribution in [1.29, 1.82) is 0 Å². The summed E-state index contributed by atoms with van der Waals surface area (Å²) in [6.07, 6.45) is 1.51. The first kappa shape index (κ1) is 20.3. The molecule has 0 atom stereocenters. The van der Waals surface area contributed by atoms with Crippen LogP contribution in [0, 0.1) is 0 Å². The molecule has 0 saturated carbocycles. The molecule has 0 radical (unpaired) electrons. The van der Waals surface area contributed by atoms with E-state index < -0.39 is 15.9 Å². The second kappa shape index (κ2) is 8.72. The van der Waals surface area contributed by atoms with Gasteiger partial charge in [-0.1, -0.05) is 18.2 Å². The molecule has 9 heteroatoms. The van der Waals surface area contributed by atoms with Crippen LogP contribution >= 0.6 is 0 Å². The number of carbonyl (C=O) groups is 2. The van der Waals surface area contributed by atoms with Gasteiger partial charge in [0.2, 0.25) is 10.0 Å². The van der Waals surface area contributed by atoms with E-state index in [1.54, 1.807) is 36.4 Å². The van der Waals surface area contributed by atoms with Gasteiger partial charge in [0.25, 0.3) is 11.8 Å². The fourth-order valence-electron chi connectivity index (χ4n) is 2.58. The smallest absolute Gasteiger partial charge is 0.255 e. The Morgan fingerprint density at radius 1 is 0.966 bits per heavy atom. The lowest BCUT2D eigenvalue weighted by atomic mass is 10.1. The highest BCUT2D eigenvalue weighted by molar-refractivity contribution is 7.89. The van der Waals surface area contributed by atoms with E-state index in [0.29, 0.717) is 11.4 Å². The van der Waals surface area contributed by atoms with Crippen LogP contribution in [0.1, 0.15) is 26.5 Å². The van der Waals surface area contributed by atoms with E-state index in [4.69, 9.17) is 4.42 Å². The third-order valence-electron chi connectivity index (χ3n) is 4.10. The SMILES string of the molecule is CNS(=O)(=O)c1cccc(C(=O)Nc2ccccc2C(=O)NCc2ccco2)c1. The van der Waals surface area contributed by atoms with Crippen molar-refractivity contribution in [1.82, 2.24) is 10.0 Å². The molecule has 2 aromatic carbocycles. The molecule has 3 aromatic rings. The van der Waals surface area contributed by atoms with Gasteiger partial charge in [0.15, 0.2) is 0 Å². The lowest BCUT2D eigenvalue weighted by molar-refractivity contribution is 0.0949. The highest BCUT2D eigenvalue weighted by Gasteiger charge is 2.17. The Morgan fingerprint density at radius 3 is 2.48 bits per heavy atom. The van der Waals surface area contributed by atoms with Crippen molar-refractivity contribution in [3.05, 3.63) is 83.8 Å². The van der Waals surface area contributed by atoms with Crippen molar-refractivity contribution in [3.8, 4) is 0 Å². The standard InChI is InChI=1S/C20H19N3O5S/c1-21-29(26,27)16-8-4-6-14(12-16)19(24)23-18-10-3-2-9-17(18)20(25)22-13-15-7-5-11-28-15/h2-12,21H,13H2,1H3,(H,22,25)(H,23,24). The van der Waals surface area contributed by atoms with Crippen LogP contribution in [0.3, 0.4) is 0 Å². The van der Waals surface area contributed by atoms with Crippen molar-refractivity contribution in [3.63, 3.8) is 0 Å². The summed E-state index contributed by atoms with van der Waals surface area (Å²) in [4.78, 5) is 25.1. The molecule has 150 valence electrons. The molecule has 0 aliphatic rings. The Morgan fingerprint density at radius 2 is 1.76 bits per heavy atom. The monoisotopic (exact) mass is 413 g/mol. The average Bonchev–Trinajstić information content (AvgIpc) is 3.26. The van der Waals surface area contributed by atoms with E-state index in [1.807, 2.05) is 0 Å². The predicted octanol–water partition coefficient (Wildman–Crippen LogP) is 2.37. The van der Waals surface area contributed by atoms with Gasteiger partial charge in [0.1, 0.15) is 5.76 Å². The van der Waals surface area contributed by atoms with Crippen molar-refractivity contribution < 1.29 is 22.4 Å². The number of sulfonamides is 1. The van der Waals surface area contributed by atoms with Crippen LogP contribution in [0.5, 0.6) is 0 Å². The molecule has 29 heavy (non-hydrogen) atoms. The van der Waals surface area contributed by atoms with Crippen LogP contribution in [0.15, 0.2) is 76.2 Å². The van der Waals surface area contributed by atoms with E-state index in [0.717, 1.165) is 0 Å². The number of hydrogen-bond donors (Lipinski definition) is 3. The molecule has 0 aliphatic carbocycles. The molecule has 3 N–H and O–H groups in total. The number of anilines is 1. The lowest BCUT2D eigenvalue weighted by Crippen LogP contribution is -2.25. The summed E-state index contributed by atoms with van der Waals surface area (Å²) < 4.78 is 31.3. The minimum atomic E-state index is -3.68. The summed E-state index contributed by atoms with van der Waals surface area (Å²) in [7, 11) is -2.39. The first-order chi connectivity index (χ1) is 13.9. The van der Waals surface area contributed by atoms with Crippen molar-refractivity contribution in [2.24, 2.45) is 0 Å². The summed E-state index contributed by atoms with van der Waals surface area (Å²) in [6.45, 7) is 0.206. The Hall–Kier alpha value is -3.43. The Labute approximate surface area is 168 Å². The van der Waals surface area contributed by atoms with E-state index in [2.05, 4.69) is 15.4 Å². The van der Waals surface area contributed by atoms with Crippen LogP contribution in [0.25, 0.3) is 0 Å². The predicted molar refractivity (Wildman–Crippen MR) is 107 cm³/mol. The number of carbonyl (C=O) groups excluding carboxylic acids is 2. The number of benzene rings is 2. The van der Waals surface area contributed by atoms with E-state index in [9.17, 15) is 18.0 Å². The highest BCUT2D eigenvalue weighted by Crippen LogP contribution is 2.18. The molecule has 3 rings (SSSR count). The zero-order chi connectivity index (χ0) is 20.9. The topological polar surface area (TPSA) is 118 Å². The van der Waals surface area contributed by atoms with E-state index in [1.165, 1.54) is 37.6 Å². The second-order valence-corrected chi connectivity index (χ2v) is 7.88. The molecular formula is C20H19N3O5S. The summed E-state index contributed by atoms with van der Waals surface area (Å²) in [5, 5.41) is 5.38. The maximum absolute atomic E-state index is 12.6.